The van der Waals surface area contributed by atoms with Gasteiger partial charge in [-0.25, -0.2) is 0 Å². The van der Waals surface area contributed by atoms with Crippen LogP contribution < -0.4 is 5.32 Å². The molecule has 0 bridgehead atoms. The van der Waals surface area contributed by atoms with Crippen LogP contribution in [0.15, 0.2) is 24.3 Å². The van der Waals surface area contributed by atoms with Gasteiger partial charge in [0.2, 0.25) is 0 Å². The van der Waals surface area contributed by atoms with Crippen LogP contribution in [0.25, 0.3) is 0 Å². The van der Waals surface area contributed by atoms with Crippen LogP contribution in [0.4, 0.5) is 0 Å². The lowest BCUT2D eigenvalue weighted by molar-refractivity contribution is 0.0982. The molecule has 2 unspecified atom stereocenters. The number of halogens is 1. The lowest BCUT2D eigenvalue weighted by atomic mass is 9.84. The zero-order valence-corrected chi connectivity index (χ0v) is 12.1. The van der Waals surface area contributed by atoms with Crippen LogP contribution in [-0.2, 0) is 0 Å². The van der Waals surface area contributed by atoms with Gasteiger partial charge in [0.15, 0.2) is 0 Å². The highest BCUT2D eigenvalue weighted by Gasteiger charge is 2.31. The molecule has 0 aromatic heterocycles. The highest BCUT2D eigenvalue weighted by Crippen LogP contribution is 2.35. The summed E-state index contributed by atoms with van der Waals surface area (Å²) >= 11 is 5.99. The summed E-state index contributed by atoms with van der Waals surface area (Å²) in [5.41, 5.74) is 1.40. The SMILES string of the molecule is CCN1CCCC(CNC)C1c1ccc(Cl)cc1. The summed E-state index contributed by atoms with van der Waals surface area (Å²) in [5, 5.41) is 4.16. The van der Waals surface area contributed by atoms with E-state index in [1.54, 1.807) is 0 Å². The summed E-state index contributed by atoms with van der Waals surface area (Å²) in [6, 6.07) is 8.92. The number of benzene rings is 1. The number of piperidine rings is 1. The van der Waals surface area contributed by atoms with Crippen molar-refractivity contribution in [2.24, 2.45) is 5.92 Å². The Morgan fingerprint density at radius 2 is 2.06 bits per heavy atom. The van der Waals surface area contributed by atoms with E-state index in [-0.39, 0.29) is 0 Å². The van der Waals surface area contributed by atoms with Gasteiger partial charge in [-0.15, -0.1) is 0 Å². The summed E-state index contributed by atoms with van der Waals surface area (Å²) in [7, 11) is 2.05. The number of nitrogens with one attached hydrogen (secondary N) is 1. The topological polar surface area (TPSA) is 15.3 Å². The standard InChI is InChI=1S/C15H23ClN2/c1-3-18-10-4-5-13(11-17-2)15(18)12-6-8-14(16)9-7-12/h6-9,13,15,17H,3-5,10-11H2,1-2H3. The molecule has 1 N–H and O–H groups in total. The number of nitrogens with zero attached hydrogens (tertiary/aromatic N) is 1. The highest BCUT2D eigenvalue weighted by atomic mass is 35.5. The normalized spacial score (nSPS) is 25.3. The molecule has 18 heavy (non-hydrogen) atoms. The molecule has 1 fully saturated rings. The van der Waals surface area contributed by atoms with Crippen molar-refractivity contribution in [1.82, 2.24) is 10.2 Å². The number of hydrogen-bond donors (Lipinski definition) is 1. The van der Waals surface area contributed by atoms with Gasteiger partial charge in [0.1, 0.15) is 0 Å². The Balaban J connectivity index is 2.24. The van der Waals surface area contributed by atoms with E-state index in [9.17, 15) is 0 Å². The molecule has 2 rings (SSSR count). The van der Waals surface area contributed by atoms with Crippen molar-refractivity contribution in [2.75, 3.05) is 26.7 Å². The smallest absolute Gasteiger partial charge is 0.0406 e. The minimum Gasteiger partial charge on any atom is -0.319 e. The molecule has 0 spiro atoms. The third-order valence-corrected chi connectivity index (χ3v) is 4.20. The number of rotatable bonds is 4. The van der Waals surface area contributed by atoms with Crippen molar-refractivity contribution in [3.05, 3.63) is 34.9 Å². The van der Waals surface area contributed by atoms with E-state index in [1.165, 1.54) is 24.9 Å². The predicted molar refractivity (Wildman–Crippen MR) is 78.1 cm³/mol. The lowest BCUT2D eigenvalue weighted by Gasteiger charge is -2.41. The summed E-state index contributed by atoms with van der Waals surface area (Å²) in [6.45, 7) is 5.67. The Hall–Kier alpha value is -0.570. The Bertz CT molecular complexity index is 361. The molecule has 1 saturated heterocycles. The fraction of sp³-hybridized carbons (Fsp3) is 0.600. The first-order valence-electron chi connectivity index (χ1n) is 6.90. The molecule has 2 atom stereocenters. The van der Waals surface area contributed by atoms with E-state index >= 15 is 0 Å². The van der Waals surface area contributed by atoms with E-state index in [0.717, 1.165) is 18.1 Å². The molecular formula is C15H23ClN2. The van der Waals surface area contributed by atoms with Crippen LogP contribution in [0.1, 0.15) is 31.4 Å². The van der Waals surface area contributed by atoms with Gasteiger partial charge in [0.25, 0.3) is 0 Å². The average Bonchev–Trinajstić information content (AvgIpc) is 2.40. The third-order valence-electron chi connectivity index (χ3n) is 3.94. The number of hydrogen-bond acceptors (Lipinski definition) is 2. The maximum absolute atomic E-state index is 5.99. The molecular weight excluding hydrogens is 244 g/mol. The van der Waals surface area contributed by atoms with Crippen LogP contribution >= 0.6 is 11.6 Å². The zero-order chi connectivity index (χ0) is 13.0. The molecule has 0 radical (unpaired) electrons. The molecule has 0 amide bonds. The minimum atomic E-state index is 0.536. The average molecular weight is 267 g/mol. The van der Waals surface area contributed by atoms with Gasteiger partial charge in [-0.1, -0.05) is 30.7 Å². The Labute approximate surface area is 115 Å². The van der Waals surface area contributed by atoms with E-state index in [2.05, 4.69) is 29.3 Å². The van der Waals surface area contributed by atoms with Crippen LogP contribution in [-0.4, -0.2) is 31.6 Å². The monoisotopic (exact) mass is 266 g/mol. The van der Waals surface area contributed by atoms with Crippen molar-refractivity contribution in [2.45, 2.75) is 25.8 Å². The summed E-state index contributed by atoms with van der Waals surface area (Å²) in [6.07, 6.45) is 2.62. The van der Waals surface area contributed by atoms with Crippen LogP contribution in [0.3, 0.4) is 0 Å². The quantitative estimate of drug-likeness (QED) is 0.899. The van der Waals surface area contributed by atoms with Gasteiger partial charge in [-0.3, -0.25) is 4.90 Å². The van der Waals surface area contributed by atoms with E-state index < -0.39 is 0 Å². The van der Waals surface area contributed by atoms with Gasteiger partial charge in [-0.2, -0.15) is 0 Å². The highest BCUT2D eigenvalue weighted by molar-refractivity contribution is 6.30. The maximum Gasteiger partial charge on any atom is 0.0406 e. The second kappa shape index (κ2) is 6.55. The minimum absolute atomic E-state index is 0.536. The molecule has 0 aliphatic carbocycles. The first-order valence-corrected chi connectivity index (χ1v) is 7.28. The number of likely N-dealkylation sites (tertiary alicyclic amines) is 1. The second-order valence-corrected chi connectivity index (χ2v) is 5.52. The molecule has 1 aliphatic rings. The molecule has 1 aliphatic heterocycles. The largest absolute Gasteiger partial charge is 0.319 e. The van der Waals surface area contributed by atoms with Crippen LogP contribution in [0.2, 0.25) is 5.02 Å². The first kappa shape index (κ1) is 13.9. The summed E-state index contributed by atoms with van der Waals surface area (Å²) in [5.74, 6) is 0.699. The second-order valence-electron chi connectivity index (χ2n) is 5.08. The predicted octanol–water partition coefficient (Wildman–Crippen LogP) is 3.33. The van der Waals surface area contributed by atoms with Crippen molar-refractivity contribution in [3.63, 3.8) is 0 Å². The van der Waals surface area contributed by atoms with Gasteiger partial charge in [0, 0.05) is 11.1 Å². The summed E-state index contributed by atoms with van der Waals surface area (Å²) in [4.78, 5) is 2.59. The van der Waals surface area contributed by atoms with Gasteiger partial charge in [0.05, 0.1) is 0 Å². The van der Waals surface area contributed by atoms with Gasteiger partial charge >= 0.3 is 0 Å². The van der Waals surface area contributed by atoms with Crippen molar-refractivity contribution in [3.8, 4) is 0 Å². The van der Waals surface area contributed by atoms with Crippen molar-refractivity contribution < 1.29 is 0 Å². The fourth-order valence-electron chi connectivity index (χ4n) is 3.13. The summed E-state index contributed by atoms with van der Waals surface area (Å²) < 4.78 is 0. The Kier molecular flexibility index (Phi) is 5.04. The van der Waals surface area contributed by atoms with Crippen LogP contribution in [0, 0.1) is 5.92 Å². The molecule has 100 valence electrons. The molecule has 1 aromatic rings. The Morgan fingerprint density at radius 3 is 2.67 bits per heavy atom. The van der Waals surface area contributed by atoms with Gasteiger partial charge < -0.3 is 5.32 Å². The zero-order valence-electron chi connectivity index (χ0n) is 11.3. The molecule has 3 heteroatoms. The van der Waals surface area contributed by atoms with Gasteiger partial charge in [-0.05, 0) is 63.1 Å². The van der Waals surface area contributed by atoms with Crippen molar-refractivity contribution in [1.29, 1.82) is 0 Å². The molecule has 1 aromatic carbocycles. The third kappa shape index (κ3) is 3.05. The molecule has 2 nitrogen and oxygen atoms in total. The lowest BCUT2D eigenvalue weighted by Crippen LogP contribution is -2.41. The van der Waals surface area contributed by atoms with E-state index in [4.69, 9.17) is 11.6 Å². The molecule has 1 heterocycles. The van der Waals surface area contributed by atoms with Crippen molar-refractivity contribution >= 4 is 11.6 Å². The fourth-order valence-corrected chi connectivity index (χ4v) is 3.25. The van der Waals surface area contributed by atoms with E-state index in [0.29, 0.717) is 12.0 Å². The first-order chi connectivity index (χ1) is 8.76. The maximum atomic E-state index is 5.99. The van der Waals surface area contributed by atoms with Crippen LogP contribution in [0.5, 0.6) is 0 Å². The Morgan fingerprint density at radius 1 is 1.33 bits per heavy atom. The molecule has 0 saturated carbocycles. The van der Waals surface area contributed by atoms with E-state index in [1.807, 2.05) is 19.2 Å².